The molecular formula is C44H30N4Na4O13S4. The van der Waals surface area contributed by atoms with Gasteiger partial charge in [-0.25, -0.2) is 43.7 Å². The number of nitrogens with zero attached hydrogens (tertiary/aromatic N) is 2. The Morgan fingerprint density at radius 2 is 0.957 bits per heavy atom. The first-order chi connectivity index (χ1) is 30.3. The molecule has 332 valence electrons. The Bertz CT molecular complexity index is 3560. The molecule has 2 atom stereocenters. The number of hydrogen-bond acceptors (Lipinski definition) is 15. The summed E-state index contributed by atoms with van der Waals surface area (Å²) in [4.78, 5) is 7.46. The van der Waals surface area contributed by atoms with Crippen LogP contribution in [0.5, 0.6) is 0 Å². The zero-order valence-electron chi connectivity index (χ0n) is 36.9. The number of benzene rings is 4. The minimum absolute atomic E-state index is 0. The van der Waals surface area contributed by atoms with Crippen molar-refractivity contribution in [2.24, 2.45) is 9.98 Å². The molecule has 4 aliphatic rings. The van der Waals surface area contributed by atoms with E-state index in [-0.39, 0.29) is 158 Å². The summed E-state index contributed by atoms with van der Waals surface area (Å²) in [6, 6.07) is 30.3. The van der Waals surface area contributed by atoms with Crippen LogP contribution in [0.25, 0.3) is 16.7 Å². The topological polar surface area (TPSA) is 313 Å². The minimum atomic E-state index is -6.47. The van der Waals surface area contributed by atoms with Crippen LogP contribution in [0.1, 0.15) is 33.6 Å². The standard InChI is InChI=1S/C44H32N4O12S4.4Na.H2O/c49-61(50,51)35-25-34-37(27-15-7-2-8-16-27)32-22-21-30(45-32)36(26-13-5-1-6-14-26)31-23-24-33(46-31)38(28-17-9-3-10-18-28)39-40(62(52,53)54)41(63(55,56)57)43(48-39)44(42(35)47-34,64(58,59)60)29-19-11-4-12-20-29;;;;;/h1-25,43,45,48H,(H,49,50,51)(H,52,53,54)(H,55,56,57)(H,58,59,60);;;;;1H2/q;4*+1;/p-4/b36-31-,37-34-,39-38-;;;;;. The predicted molar refractivity (Wildman–Crippen MR) is 236 cm³/mol. The summed E-state index contributed by atoms with van der Waals surface area (Å²) >= 11 is 0. The maximum atomic E-state index is 14.5. The van der Waals surface area contributed by atoms with Crippen LogP contribution in [-0.4, -0.2) is 79.8 Å². The Hall–Kier alpha value is -2.66. The molecule has 5 heterocycles. The number of nitrogens with one attached hydrogen (secondary N) is 2. The molecule has 69 heavy (non-hydrogen) atoms. The molecule has 4 aliphatic heterocycles. The first-order valence-corrected chi connectivity index (χ1v) is 24.5. The average molecular weight is 1040 g/mol. The zero-order valence-corrected chi connectivity index (χ0v) is 48.2. The van der Waals surface area contributed by atoms with Crippen molar-refractivity contribution in [2.45, 2.75) is 10.8 Å². The van der Waals surface area contributed by atoms with Crippen LogP contribution in [0.2, 0.25) is 0 Å². The zero-order chi connectivity index (χ0) is 45.4. The molecule has 0 saturated carbocycles. The van der Waals surface area contributed by atoms with E-state index in [0.29, 0.717) is 28.5 Å². The summed E-state index contributed by atoms with van der Waals surface area (Å²) in [6.07, 6.45) is 3.67. The van der Waals surface area contributed by atoms with Gasteiger partial charge in [0, 0.05) is 28.1 Å². The fourth-order valence-corrected chi connectivity index (χ4v) is 12.8. The Labute approximate surface area is 486 Å². The maximum absolute atomic E-state index is 14.5. The smallest absolute Gasteiger partial charge is 0.747 e. The largest absolute Gasteiger partial charge is 1.00 e. The van der Waals surface area contributed by atoms with E-state index in [1.807, 2.05) is 0 Å². The summed E-state index contributed by atoms with van der Waals surface area (Å²) in [6.45, 7) is 0. The van der Waals surface area contributed by atoms with Gasteiger partial charge in [0.25, 0.3) is 0 Å². The van der Waals surface area contributed by atoms with Crippen LogP contribution in [0.15, 0.2) is 193 Å². The second-order valence-electron chi connectivity index (χ2n) is 14.6. The van der Waals surface area contributed by atoms with Gasteiger partial charge in [-0.3, -0.25) is 0 Å². The number of hydrogen-bond donors (Lipinski definition) is 2. The van der Waals surface area contributed by atoms with Gasteiger partial charge in [0.05, 0.1) is 49.3 Å². The molecule has 0 radical (unpaired) electrons. The predicted octanol–water partition coefficient (Wildman–Crippen LogP) is -8.24. The van der Waals surface area contributed by atoms with E-state index in [0.717, 1.165) is 12.1 Å². The number of aromatic amines is 1. The molecule has 0 spiro atoms. The number of H-pyrrole nitrogens is 1. The van der Waals surface area contributed by atoms with Crippen molar-refractivity contribution >= 4 is 68.6 Å². The molecule has 0 saturated heterocycles. The van der Waals surface area contributed by atoms with Gasteiger partial charge >= 0.3 is 118 Å². The fraction of sp³-hybridized carbons (Fsp3) is 0.0455. The van der Waals surface area contributed by atoms with Gasteiger partial charge < -0.3 is 34.0 Å². The SMILES string of the molecule is O.O=S(=O)([O-])C1=C/C2=C(\c3ccccc3)c3ccc([nH]3)/C(c3ccccc3)=C3/C=CC(=N3)/C(c3ccccc3)=C3\NC(C(S(=O)(=O)[O-])=C3S(=O)(=O)[O-])C(c3ccccc3)(S(=O)(=O)[O-])C1=N2.[Na+].[Na+].[Na+].[Na+]. The molecule has 4 aromatic carbocycles. The van der Waals surface area contributed by atoms with E-state index in [1.165, 1.54) is 48.5 Å². The second-order valence-corrected chi connectivity index (χ2v) is 20.2. The van der Waals surface area contributed by atoms with Gasteiger partial charge in [0.1, 0.15) is 40.5 Å². The van der Waals surface area contributed by atoms with Crippen molar-refractivity contribution in [3.8, 4) is 0 Å². The summed E-state index contributed by atoms with van der Waals surface area (Å²) < 4.78 is 162. The maximum Gasteiger partial charge on any atom is 1.00 e. The van der Waals surface area contributed by atoms with Crippen LogP contribution in [0.4, 0.5) is 0 Å². The summed E-state index contributed by atoms with van der Waals surface area (Å²) in [7, 11) is -25.0. The summed E-state index contributed by atoms with van der Waals surface area (Å²) in [5.41, 5.74) is -1.68. The third kappa shape index (κ3) is 10.7. The quantitative estimate of drug-likeness (QED) is 0.108. The monoisotopic (exact) mass is 1040 g/mol. The molecule has 9 rings (SSSR count). The van der Waals surface area contributed by atoms with Gasteiger partial charge in [-0.15, -0.1) is 0 Å². The van der Waals surface area contributed by atoms with Gasteiger partial charge in [-0.05, 0) is 52.6 Å². The van der Waals surface area contributed by atoms with Crippen molar-refractivity contribution in [1.82, 2.24) is 10.3 Å². The van der Waals surface area contributed by atoms with E-state index in [1.54, 1.807) is 84.9 Å². The molecule has 0 amide bonds. The van der Waals surface area contributed by atoms with Gasteiger partial charge in [-0.2, -0.15) is 0 Å². The number of allylic oxidation sites excluding steroid dienone is 5. The van der Waals surface area contributed by atoms with E-state index >= 15 is 0 Å². The molecule has 4 N–H and O–H groups in total. The van der Waals surface area contributed by atoms with Crippen LogP contribution in [0.3, 0.4) is 0 Å². The summed E-state index contributed by atoms with van der Waals surface area (Å²) in [5.74, 6) is 0. The Morgan fingerprint density at radius 3 is 1.39 bits per heavy atom. The summed E-state index contributed by atoms with van der Waals surface area (Å²) in [5, 5.41) is 2.47. The van der Waals surface area contributed by atoms with Crippen LogP contribution in [-0.2, 0) is 45.2 Å². The van der Waals surface area contributed by atoms with Crippen molar-refractivity contribution in [2.75, 3.05) is 0 Å². The van der Waals surface area contributed by atoms with Gasteiger partial charge in [-0.1, -0.05) is 121 Å². The molecular weight excluding hydrogens is 1010 g/mol. The van der Waals surface area contributed by atoms with E-state index < -0.39 is 88.6 Å². The van der Waals surface area contributed by atoms with Crippen LogP contribution in [0, 0.1) is 0 Å². The third-order valence-electron chi connectivity index (χ3n) is 10.9. The second kappa shape index (κ2) is 22.2. The molecule has 0 aliphatic carbocycles. The number of aromatic nitrogens is 1. The van der Waals surface area contributed by atoms with Crippen LogP contribution < -0.4 is 124 Å². The molecule has 8 bridgehead atoms. The molecule has 0 fully saturated rings. The molecule has 2 unspecified atom stereocenters. The Balaban J connectivity index is 0.00000207. The normalized spacial score (nSPS) is 22.0. The van der Waals surface area contributed by atoms with Crippen molar-refractivity contribution < 1.29 is 176 Å². The minimum Gasteiger partial charge on any atom is -0.747 e. The molecule has 25 heteroatoms. The third-order valence-corrected chi connectivity index (χ3v) is 15.3. The fourth-order valence-electron chi connectivity index (χ4n) is 8.47. The van der Waals surface area contributed by atoms with E-state index in [9.17, 15) is 51.9 Å². The van der Waals surface area contributed by atoms with Gasteiger partial charge in [0.2, 0.25) is 0 Å². The number of aliphatic imine (C=N–C) groups is 2. The molecule has 17 nitrogen and oxygen atoms in total. The van der Waals surface area contributed by atoms with E-state index in [2.05, 4.69) is 15.3 Å². The van der Waals surface area contributed by atoms with Crippen molar-refractivity contribution in [3.05, 3.63) is 217 Å². The van der Waals surface area contributed by atoms with Crippen LogP contribution >= 0.6 is 0 Å². The first kappa shape index (κ1) is 58.9. The number of rotatable bonds is 8. The van der Waals surface area contributed by atoms with E-state index in [4.69, 9.17) is 4.99 Å². The van der Waals surface area contributed by atoms with Crippen molar-refractivity contribution in [1.29, 1.82) is 0 Å². The van der Waals surface area contributed by atoms with Gasteiger partial charge in [0.15, 0.2) is 4.75 Å². The number of fused-ring (bicyclic) bond motifs is 6. The van der Waals surface area contributed by atoms with Crippen molar-refractivity contribution in [3.63, 3.8) is 0 Å². The molecule has 5 aromatic rings. The Kier molecular flexibility index (Phi) is 19.0. The first-order valence-electron chi connectivity index (χ1n) is 18.9. The molecule has 1 aromatic heterocycles. The average Bonchev–Trinajstić information content (AvgIpc) is 4.07. The Morgan fingerprint density at radius 1 is 0.507 bits per heavy atom.